The summed E-state index contributed by atoms with van der Waals surface area (Å²) in [4.78, 5) is 11.1. The van der Waals surface area contributed by atoms with Gasteiger partial charge in [0.15, 0.2) is 0 Å². The second-order valence-corrected chi connectivity index (χ2v) is 7.29. The van der Waals surface area contributed by atoms with Crippen molar-refractivity contribution in [3.63, 3.8) is 0 Å². The fourth-order valence-electron chi connectivity index (χ4n) is 1.70. The molecule has 0 radical (unpaired) electrons. The van der Waals surface area contributed by atoms with Crippen LogP contribution in [0.25, 0.3) is 0 Å². The molecule has 3 N–H and O–H groups in total. The molecule has 0 atom stereocenters. The maximum atomic E-state index is 11.2. The number of hydrogen-bond acceptors (Lipinski definition) is 4. The predicted octanol–water partition coefficient (Wildman–Crippen LogP) is 1.78. The Morgan fingerprint density at radius 2 is 2.00 bits per heavy atom. The van der Waals surface area contributed by atoms with Crippen molar-refractivity contribution < 1.29 is 18.3 Å². The Morgan fingerprint density at radius 1 is 1.40 bits per heavy atom. The Balaban J connectivity index is 2.87. The van der Waals surface area contributed by atoms with E-state index in [1.807, 2.05) is 0 Å². The van der Waals surface area contributed by atoms with Gasteiger partial charge in [0, 0.05) is 22.8 Å². The summed E-state index contributed by atoms with van der Waals surface area (Å²) in [5.74, 6) is -1.11. The smallest absolute Gasteiger partial charge is 0.337 e. The van der Waals surface area contributed by atoms with Gasteiger partial charge in [-0.05, 0) is 32.0 Å². The molecule has 0 fully saturated rings. The molecule has 0 unspecified atom stereocenters. The first-order chi connectivity index (χ1) is 9.00. The van der Waals surface area contributed by atoms with E-state index >= 15 is 0 Å². The quantitative estimate of drug-likeness (QED) is 0.742. The molecule has 20 heavy (non-hydrogen) atoms. The van der Waals surface area contributed by atoms with Gasteiger partial charge in [0.25, 0.3) is 0 Å². The Kier molecular flexibility index (Phi) is 5.01. The van der Waals surface area contributed by atoms with Crippen molar-refractivity contribution in [2.75, 3.05) is 18.1 Å². The van der Waals surface area contributed by atoms with Crippen molar-refractivity contribution in [3.8, 4) is 0 Å². The van der Waals surface area contributed by atoms with Crippen molar-refractivity contribution in [1.29, 1.82) is 0 Å². The zero-order valence-corrected chi connectivity index (χ0v) is 13.0. The van der Waals surface area contributed by atoms with Gasteiger partial charge in [-0.25, -0.2) is 17.9 Å². The third kappa shape index (κ3) is 5.36. The Hall–Kier alpha value is -1.31. The fraction of sp³-hybridized carbons (Fsp3) is 0.417. The lowest BCUT2D eigenvalue weighted by Gasteiger charge is -2.26. The molecule has 1 aromatic rings. The summed E-state index contributed by atoms with van der Waals surface area (Å²) < 4.78 is 24.9. The molecular formula is C12H17ClN2O4S. The highest BCUT2D eigenvalue weighted by atomic mass is 35.5. The molecule has 0 aromatic heterocycles. The second-order valence-electron chi connectivity index (χ2n) is 5.11. The Labute approximate surface area is 123 Å². The number of carboxylic acids is 1. The van der Waals surface area contributed by atoms with Gasteiger partial charge in [0.05, 0.1) is 11.8 Å². The number of rotatable bonds is 6. The van der Waals surface area contributed by atoms with Crippen LogP contribution in [0.1, 0.15) is 24.2 Å². The van der Waals surface area contributed by atoms with Gasteiger partial charge in [-0.15, -0.1) is 0 Å². The number of carboxylic acid groups (broad SMARTS) is 1. The van der Waals surface area contributed by atoms with Crippen molar-refractivity contribution in [2.24, 2.45) is 0 Å². The van der Waals surface area contributed by atoms with E-state index in [4.69, 9.17) is 16.7 Å². The number of nitrogens with one attached hydrogen (secondary N) is 2. The largest absolute Gasteiger partial charge is 0.478 e. The number of sulfonamides is 1. The fourth-order valence-corrected chi connectivity index (χ4v) is 2.95. The van der Waals surface area contributed by atoms with Crippen LogP contribution in [0.2, 0.25) is 5.02 Å². The molecule has 0 amide bonds. The Morgan fingerprint density at radius 3 is 2.50 bits per heavy atom. The van der Waals surface area contributed by atoms with E-state index in [1.165, 1.54) is 6.07 Å². The maximum absolute atomic E-state index is 11.2. The molecule has 8 heteroatoms. The van der Waals surface area contributed by atoms with Gasteiger partial charge in [0.1, 0.15) is 0 Å². The monoisotopic (exact) mass is 320 g/mol. The van der Waals surface area contributed by atoms with Gasteiger partial charge in [-0.1, -0.05) is 11.6 Å². The maximum Gasteiger partial charge on any atom is 0.337 e. The topological polar surface area (TPSA) is 95.5 Å². The lowest BCUT2D eigenvalue weighted by molar-refractivity contribution is 0.0698. The summed E-state index contributed by atoms with van der Waals surface area (Å²) in [5.41, 5.74) is -0.346. The summed E-state index contributed by atoms with van der Waals surface area (Å²) in [6, 6.07) is 4.44. The molecule has 112 valence electrons. The van der Waals surface area contributed by atoms with Gasteiger partial charge in [0.2, 0.25) is 10.0 Å². The first-order valence-corrected chi connectivity index (χ1v) is 8.03. The van der Waals surface area contributed by atoms with Crippen LogP contribution in [-0.4, -0.2) is 37.8 Å². The molecule has 0 aliphatic carbocycles. The van der Waals surface area contributed by atoms with Crippen molar-refractivity contribution in [2.45, 2.75) is 19.4 Å². The van der Waals surface area contributed by atoms with E-state index in [0.29, 0.717) is 10.7 Å². The van der Waals surface area contributed by atoms with E-state index in [9.17, 15) is 13.2 Å². The molecule has 0 spiro atoms. The molecule has 0 saturated carbocycles. The molecule has 0 aliphatic rings. The first-order valence-electron chi connectivity index (χ1n) is 5.76. The number of anilines is 1. The third-order valence-electron chi connectivity index (χ3n) is 2.39. The molecular weight excluding hydrogens is 304 g/mol. The normalized spacial score (nSPS) is 12.2. The van der Waals surface area contributed by atoms with E-state index in [-0.39, 0.29) is 12.1 Å². The lowest BCUT2D eigenvalue weighted by Crippen LogP contribution is -2.47. The molecule has 0 heterocycles. The predicted molar refractivity (Wildman–Crippen MR) is 79.0 cm³/mol. The number of halogens is 1. The van der Waals surface area contributed by atoms with E-state index in [0.717, 1.165) is 6.26 Å². The van der Waals surface area contributed by atoms with E-state index in [2.05, 4.69) is 10.0 Å². The third-order valence-corrected chi connectivity index (χ3v) is 3.55. The highest BCUT2D eigenvalue weighted by molar-refractivity contribution is 7.88. The van der Waals surface area contributed by atoms with Crippen LogP contribution in [0.5, 0.6) is 0 Å². The minimum Gasteiger partial charge on any atom is -0.478 e. The number of carbonyl (C=O) groups is 1. The van der Waals surface area contributed by atoms with Crippen LogP contribution >= 0.6 is 11.6 Å². The van der Waals surface area contributed by atoms with Gasteiger partial charge in [-0.3, -0.25) is 0 Å². The first kappa shape index (κ1) is 16.7. The average Bonchev–Trinajstić information content (AvgIpc) is 2.23. The molecule has 0 bridgehead atoms. The standard InChI is InChI=1S/C12H17ClN2O4S/c1-12(2,15-20(3,18)19)7-14-10-5-4-8(13)6-9(10)11(16)17/h4-6,14-15H,7H2,1-3H3,(H,16,17). The molecule has 0 saturated heterocycles. The number of aromatic carboxylic acids is 1. The van der Waals surface area contributed by atoms with Crippen molar-refractivity contribution in [3.05, 3.63) is 28.8 Å². The van der Waals surface area contributed by atoms with Crippen LogP contribution in [0, 0.1) is 0 Å². The van der Waals surface area contributed by atoms with Crippen molar-refractivity contribution in [1.82, 2.24) is 4.72 Å². The van der Waals surface area contributed by atoms with Gasteiger partial charge < -0.3 is 10.4 Å². The zero-order chi connectivity index (χ0) is 15.6. The summed E-state index contributed by atoms with van der Waals surface area (Å²) in [7, 11) is -3.35. The minimum absolute atomic E-state index is 0.0349. The summed E-state index contributed by atoms with van der Waals surface area (Å²) >= 11 is 5.76. The SMILES string of the molecule is CC(C)(CNc1ccc(Cl)cc1C(=O)O)NS(C)(=O)=O. The molecule has 6 nitrogen and oxygen atoms in total. The highest BCUT2D eigenvalue weighted by Gasteiger charge is 2.22. The van der Waals surface area contributed by atoms with Crippen LogP contribution in [0.3, 0.4) is 0 Å². The average molecular weight is 321 g/mol. The van der Waals surface area contributed by atoms with Gasteiger partial charge in [-0.2, -0.15) is 0 Å². The van der Waals surface area contributed by atoms with Gasteiger partial charge >= 0.3 is 5.97 Å². The van der Waals surface area contributed by atoms with E-state index < -0.39 is 21.5 Å². The van der Waals surface area contributed by atoms with Crippen LogP contribution in [0.4, 0.5) is 5.69 Å². The lowest BCUT2D eigenvalue weighted by atomic mass is 10.1. The minimum atomic E-state index is -3.35. The Bertz CT molecular complexity index is 614. The highest BCUT2D eigenvalue weighted by Crippen LogP contribution is 2.21. The molecule has 1 aromatic carbocycles. The molecule has 0 aliphatic heterocycles. The summed E-state index contributed by atoms with van der Waals surface area (Å²) in [5, 5.41) is 12.3. The molecule has 1 rings (SSSR count). The second kappa shape index (κ2) is 5.99. The number of hydrogen-bond donors (Lipinski definition) is 3. The van der Waals surface area contributed by atoms with Crippen LogP contribution in [0.15, 0.2) is 18.2 Å². The van der Waals surface area contributed by atoms with Crippen molar-refractivity contribution >= 4 is 33.3 Å². The summed E-state index contributed by atoms with van der Waals surface area (Å²) in [6.45, 7) is 3.61. The zero-order valence-electron chi connectivity index (χ0n) is 11.4. The van der Waals surface area contributed by atoms with Crippen LogP contribution < -0.4 is 10.0 Å². The van der Waals surface area contributed by atoms with E-state index in [1.54, 1.807) is 26.0 Å². The summed E-state index contributed by atoms with van der Waals surface area (Å²) in [6.07, 6.45) is 1.07. The van der Waals surface area contributed by atoms with Crippen LogP contribution in [-0.2, 0) is 10.0 Å². The number of benzene rings is 1.